The number of nitrogens with one attached hydrogen (secondary N) is 1. The molecule has 110 valence electrons. The average molecular weight is 304 g/mol. The van der Waals surface area contributed by atoms with Crippen LogP contribution >= 0.6 is 11.3 Å². The number of carbonyl (C=O) groups excluding carboxylic acids is 2. The number of amides is 1. The number of primary amides is 1. The molecule has 0 aliphatic heterocycles. The van der Waals surface area contributed by atoms with Crippen molar-refractivity contribution in [1.29, 1.82) is 0 Å². The van der Waals surface area contributed by atoms with Crippen LogP contribution in [0.1, 0.15) is 16.8 Å². The highest BCUT2D eigenvalue weighted by atomic mass is 32.1. The molecule has 1 amide bonds. The molecule has 21 heavy (non-hydrogen) atoms. The Bertz CT molecular complexity index is 638. The molecule has 6 heteroatoms. The molecule has 0 aliphatic carbocycles. The summed E-state index contributed by atoms with van der Waals surface area (Å²) in [5, 5.41) is 3.74. The Labute approximate surface area is 126 Å². The lowest BCUT2D eigenvalue weighted by molar-refractivity contribution is -0.140. The van der Waals surface area contributed by atoms with Crippen molar-refractivity contribution in [2.45, 2.75) is 6.42 Å². The Morgan fingerprint density at radius 1 is 1.29 bits per heavy atom. The fourth-order valence-corrected chi connectivity index (χ4v) is 2.92. The second-order valence-corrected chi connectivity index (χ2v) is 5.39. The molecule has 0 aliphatic rings. The van der Waals surface area contributed by atoms with Gasteiger partial charge in [0.05, 0.1) is 19.1 Å². The molecule has 5 nitrogen and oxygen atoms in total. The molecule has 0 saturated heterocycles. The minimum Gasteiger partial charge on any atom is -0.469 e. The highest BCUT2D eigenvalue weighted by molar-refractivity contribution is 7.19. The van der Waals surface area contributed by atoms with E-state index in [2.05, 4.69) is 10.1 Å². The number of thiophene rings is 1. The third kappa shape index (κ3) is 3.82. The van der Waals surface area contributed by atoms with Gasteiger partial charge in [-0.05, 0) is 11.6 Å². The minimum absolute atomic E-state index is 0.229. The first kappa shape index (κ1) is 15.1. The van der Waals surface area contributed by atoms with Crippen LogP contribution in [0.25, 0.3) is 10.4 Å². The Hall–Kier alpha value is -2.34. The van der Waals surface area contributed by atoms with Crippen LogP contribution in [0.4, 0.5) is 5.00 Å². The summed E-state index contributed by atoms with van der Waals surface area (Å²) < 4.78 is 4.57. The van der Waals surface area contributed by atoms with Crippen LogP contribution in [-0.2, 0) is 9.53 Å². The summed E-state index contributed by atoms with van der Waals surface area (Å²) in [5.74, 6) is -0.794. The van der Waals surface area contributed by atoms with Gasteiger partial charge in [-0.15, -0.1) is 11.3 Å². The SMILES string of the molecule is COC(=O)CCNc1sc(-c2ccccc2)cc1C(N)=O. The number of nitrogens with two attached hydrogens (primary N) is 1. The van der Waals surface area contributed by atoms with Crippen molar-refractivity contribution in [1.82, 2.24) is 0 Å². The van der Waals surface area contributed by atoms with Gasteiger partial charge in [0, 0.05) is 11.4 Å². The zero-order valence-electron chi connectivity index (χ0n) is 11.6. The van der Waals surface area contributed by atoms with E-state index in [1.807, 2.05) is 30.3 Å². The highest BCUT2D eigenvalue weighted by Gasteiger charge is 2.14. The maximum Gasteiger partial charge on any atom is 0.307 e. The molecular formula is C15H16N2O3S. The normalized spacial score (nSPS) is 10.1. The van der Waals surface area contributed by atoms with Gasteiger partial charge in [-0.25, -0.2) is 0 Å². The van der Waals surface area contributed by atoms with Gasteiger partial charge in [-0.1, -0.05) is 30.3 Å². The minimum atomic E-state index is -0.492. The van der Waals surface area contributed by atoms with Crippen LogP contribution in [-0.4, -0.2) is 25.5 Å². The number of rotatable bonds is 6. The Kier molecular flexibility index (Phi) is 4.94. The van der Waals surface area contributed by atoms with Crippen molar-refractivity contribution < 1.29 is 14.3 Å². The van der Waals surface area contributed by atoms with E-state index >= 15 is 0 Å². The average Bonchev–Trinajstić information content (AvgIpc) is 2.92. The van der Waals surface area contributed by atoms with Gasteiger partial charge in [0.2, 0.25) is 0 Å². The zero-order chi connectivity index (χ0) is 15.2. The Morgan fingerprint density at radius 3 is 2.62 bits per heavy atom. The molecule has 3 N–H and O–H groups in total. The molecule has 1 aromatic heterocycles. The van der Waals surface area contributed by atoms with Crippen molar-refractivity contribution in [3.05, 3.63) is 42.0 Å². The topological polar surface area (TPSA) is 81.4 Å². The summed E-state index contributed by atoms with van der Waals surface area (Å²) >= 11 is 1.44. The summed E-state index contributed by atoms with van der Waals surface area (Å²) in [6.07, 6.45) is 0.229. The van der Waals surface area contributed by atoms with Gasteiger partial charge < -0.3 is 15.8 Å². The molecule has 1 heterocycles. The predicted molar refractivity (Wildman–Crippen MR) is 83.4 cm³/mol. The maximum atomic E-state index is 11.5. The second kappa shape index (κ2) is 6.90. The molecule has 0 radical (unpaired) electrons. The lowest BCUT2D eigenvalue weighted by Crippen LogP contribution is -2.14. The number of anilines is 1. The van der Waals surface area contributed by atoms with Crippen molar-refractivity contribution in [3.63, 3.8) is 0 Å². The van der Waals surface area contributed by atoms with Crippen LogP contribution in [0, 0.1) is 0 Å². The molecule has 2 aromatic rings. The monoisotopic (exact) mass is 304 g/mol. The molecule has 0 bridgehead atoms. The lowest BCUT2D eigenvalue weighted by atomic mass is 10.1. The Balaban J connectivity index is 2.18. The number of hydrogen-bond acceptors (Lipinski definition) is 5. The van der Waals surface area contributed by atoms with Crippen molar-refractivity contribution in [2.24, 2.45) is 5.73 Å². The molecular weight excluding hydrogens is 288 g/mol. The van der Waals surface area contributed by atoms with E-state index in [9.17, 15) is 9.59 Å². The summed E-state index contributed by atoms with van der Waals surface area (Å²) in [5.41, 5.74) is 6.85. The first-order valence-corrected chi connectivity index (χ1v) is 7.23. The molecule has 1 aromatic carbocycles. The van der Waals surface area contributed by atoms with Gasteiger partial charge in [0.1, 0.15) is 5.00 Å². The fourth-order valence-electron chi connectivity index (χ4n) is 1.83. The number of esters is 1. The number of methoxy groups -OCH3 is 1. The van der Waals surface area contributed by atoms with E-state index in [-0.39, 0.29) is 12.4 Å². The zero-order valence-corrected chi connectivity index (χ0v) is 12.4. The smallest absolute Gasteiger partial charge is 0.307 e. The number of benzene rings is 1. The largest absolute Gasteiger partial charge is 0.469 e. The maximum absolute atomic E-state index is 11.5. The van der Waals surface area contributed by atoms with E-state index in [1.165, 1.54) is 18.4 Å². The molecule has 0 saturated carbocycles. The van der Waals surface area contributed by atoms with Crippen molar-refractivity contribution >= 4 is 28.2 Å². The van der Waals surface area contributed by atoms with E-state index in [0.29, 0.717) is 17.1 Å². The summed E-state index contributed by atoms with van der Waals surface area (Å²) in [4.78, 5) is 23.6. The van der Waals surface area contributed by atoms with Gasteiger partial charge in [0.25, 0.3) is 5.91 Å². The van der Waals surface area contributed by atoms with Crippen LogP contribution in [0.5, 0.6) is 0 Å². The first-order valence-electron chi connectivity index (χ1n) is 6.41. The van der Waals surface area contributed by atoms with E-state index in [1.54, 1.807) is 6.07 Å². The van der Waals surface area contributed by atoms with Crippen molar-refractivity contribution in [3.8, 4) is 10.4 Å². The highest BCUT2D eigenvalue weighted by Crippen LogP contribution is 2.35. The van der Waals surface area contributed by atoms with Crippen molar-refractivity contribution in [2.75, 3.05) is 19.0 Å². The van der Waals surface area contributed by atoms with E-state index < -0.39 is 5.91 Å². The van der Waals surface area contributed by atoms with Gasteiger partial charge in [-0.2, -0.15) is 0 Å². The molecule has 0 spiro atoms. The number of ether oxygens (including phenoxy) is 1. The van der Waals surface area contributed by atoms with Gasteiger partial charge in [-0.3, -0.25) is 9.59 Å². The fraction of sp³-hybridized carbons (Fsp3) is 0.200. The molecule has 0 unspecified atom stereocenters. The summed E-state index contributed by atoms with van der Waals surface area (Å²) in [6.45, 7) is 0.391. The standard InChI is InChI=1S/C15H16N2O3S/c1-20-13(18)7-8-17-15-11(14(16)19)9-12(21-15)10-5-3-2-4-6-10/h2-6,9,17H,7-8H2,1H3,(H2,16,19). The molecule has 0 atom stereocenters. The molecule has 2 rings (SSSR count). The second-order valence-electron chi connectivity index (χ2n) is 4.34. The number of hydrogen-bond donors (Lipinski definition) is 2. The van der Waals surface area contributed by atoms with Crippen LogP contribution < -0.4 is 11.1 Å². The predicted octanol–water partition coefficient (Wildman–Crippen LogP) is 2.49. The van der Waals surface area contributed by atoms with Crippen LogP contribution in [0.2, 0.25) is 0 Å². The van der Waals surface area contributed by atoms with Gasteiger partial charge >= 0.3 is 5.97 Å². The van der Waals surface area contributed by atoms with E-state index in [0.717, 1.165) is 10.4 Å². The Morgan fingerprint density at radius 2 is 2.00 bits per heavy atom. The summed E-state index contributed by atoms with van der Waals surface area (Å²) in [7, 11) is 1.34. The summed E-state index contributed by atoms with van der Waals surface area (Å²) in [6, 6.07) is 11.5. The van der Waals surface area contributed by atoms with Crippen LogP contribution in [0.15, 0.2) is 36.4 Å². The lowest BCUT2D eigenvalue weighted by Gasteiger charge is -2.04. The first-order chi connectivity index (χ1) is 10.1. The van der Waals surface area contributed by atoms with E-state index in [4.69, 9.17) is 5.73 Å². The third-order valence-electron chi connectivity index (χ3n) is 2.90. The molecule has 0 fully saturated rings. The number of carbonyl (C=O) groups is 2. The van der Waals surface area contributed by atoms with Crippen LogP contribution in [0.3, 0.4) is 0 Å². The third-order valence-corrected chi connectivity index (χ3v) is 4.04. The quantitative estimate of drug-likeness (QED) is 0.803. The van der Waals surface area contributed by atoms with Gasteiger partial charge in [0.15, 0.2) is 0 Å².